The average molecular weight is 399 g/mol. The second-order valence-corrected chi connectivity index (χ2v) is 13.3. The van der Waals surface area contributed by atoms with Crippen molar-refractivity contribution in [2.75, 3.05) is 26.2 Å². The predicted octanol–water partition coefficient (Wildman–Crippen LogP) is 4.71. The van der Waals surface area contributed by atoms with Crippen LogP contribution in [0.15, 0.2) is 11.3 Å². The van der Waals surface area contributed by atoms with Crippen LogP contribution >= 0.6 is 0 Å². The fourth-order valence-corrected chi connectivity index (χ4v) is 8.81. The van der Waals surface area contributed by atoms with Crippen molar-refractivity contribution in [3.8, 4) is 0 Å². The lowest BCUT2D eigenvalue weighted by Crippen LogP contribution is -2.53. The Morgan fingerprint density at radius 3 is 1.42 bits per heavy atom. The summed E-state index contributed by atoms with van der Waals surface area (Å²) in [6.07, 6.45) is 10.8. The molecule has 0 aromatic carbocycles. The Morgan fingerprint density at radius 1 is 0.731 bits per heavy atom. The highest BCUT2D eigenvalue weighted by Gasteiger charge is 2.23. The van der Waals surface area contributed by atoms with E-state index in [0.717, 1.165) is 5.79 Å². The largest absolute Gasteiger partial charge is 0.291 e. The van der Waals surface area contributed by atoms with Crippen LogP contribution in [0.4, 0.5) is 0 Å². The first-order valence-electron chi connectivity index (χ1n) is 11.7. The van der Waals surface area contributed by atoms with E-state index < -0.39 is 0 Å². The minimum Gasteiger partial charge on any atom is -0.291 e. The summed E-state index contributed by atoms with van der Waals surface area (Å²) in [4.78, 5) is 5.84. The standard InChI is InChI=1S/C22H50N2Si2/c1-7-11-15-23(16-12-8-2)22(26-20-25-19-21(5)6)24(17-13-9-3)18-14-10-4/h19,22H,7-18,20,25-26H2,1-6H3. The van der Waals surface area contributed by atoms with Gasteiger partial charge in [-0.1, -0.05) is 64.6 Å². The lowest BCUT2D eigenvalue weighted by molar-refractivity contribution is 0.0903. The van der Waals surface area contributed by atoms with Crippen molar-refractivity contribution in [2.24, 2.45) is 0 Å². The van der Waals surface area contributed by atoms with Crippen LogP contribution in [0.5, 0.6) is 0 Å². The molecule has 156 valence electrons. The van der Waals surface area contributed by atoms with Gasteiger partial charge < -0.3 is 0 Å². The maximum absolute atomic E-state index is 2.92. The van der Waals surface area contributed by atoms with Gasteiger partial charge in [0, 0.05) is 15.3 Å². The lowest BCUT2D eigenvalue weighted by atomic mass is 10.2. The molecule has 26 heavy (non-hydrogen) atoms. The SMILES string of the molecule is CCCCN(CCCC)C([SiH2]C[SiH2]C=C(C)C)N(CCCC)CCCC. The molecule has 0 amide bonds. The normalized spacial score (nSPS) is 12.7. The molecule has 0 atom stereocenters. The lowest BCUT2D eigenvalue weighted by Gasteiger charge is -2.40. The molecule has 0 aliphatic carbocycles. The van der Waals surface area contributed by atoms with E-state index in [1.165, 1.54) is 77.5 Å². The fourth-order valence-electron chi connectivity index (χ4n) is 3.55. The summed E-state index contributed by atoms with van der Waals surface area (Å²) in [5.41, 5.74) is 5.73. The zero-order chi connectivity index (χ0) is 19.6. The van der Waals surface area contributed by atoms with E-state index in [1.54, 1.807) is 11.2 Å². The Balaban J connectivity index is 5.13. The third-order valence-electron chi connectivity index (χ3n) is 5.26. The molecular weight excluding hydrogens is 348 g/mol. The van der Waals surface area contributed by atoms with Crippen molar-refractivity contribution in [2.45, 2.75) is 104 Å². The average Bonchev–Trinajstić information content (AvgIpc) is 2.63. The summed E-state index contributed by atoms with van der Waals surface area (Å²) < 4.78 is 0. The van der Waals surface area contributed by atoms with E-state index in [-0.39, 0.29) is 19.0 Å². The Morgan fingerprint density at radius 2 is 1.12 bits per heavy atom. The molecular formula is C22H50N2Si2. The van der Waals surface area contributed by atoms with Crippen LogP contribution < -0.4 is 0 Å². The molecule has 2 nitrogen and oxygen atoms in total. The summed E-state index contributed by atoms with van der Waals surface area (Å²) in [6.45, 7) is 19.2. The van der Waals surface area contributed by atoms with E-state index in [4.69, 9.17) is 0 Å². The molecule has 4 heteroatoms. The van der Waals surface area contributed by atoms with Gasteiger partial charge in [-0.15, -0.1) is 5.70 Å². The third kappa shape index (κ3) is 13.3. The molecule has 0 bridgehead atoms. The molecule has 0 saturated heterocycles. The van der Waals surface area contributed by atoms with Crippen molar-refractivity contribution in [3.63, 3.8) is 0 Å². The van der Waals surface area contributed by atoms with E-state index in [0.29, 0.717) is 0 Å². The predicted molar refractivity (Wildman–Crippen MR) is 128 cm³/mol. The van der Waals surface area contributed by atoms with E-state index in [9.17, 15) is 0 Å². The molecule has 0 saturated carbocycles. The zero-order valence-electron chi connectivity index (χ0n) is 19.2. The highest BCUT2D eigenvalue weighted by atomic mass is 28.3. The van der Waals surface area contributed by atoms with Gasteiger partial charge in [-0.05, 0) is 65.7 Å². The number of allylic oxidation sites excluding steroid dienone is 1. The van der Waals surface area contributed by atoms with Gasteiger partial charge in [-0.2, -0.15) is 0 Å². The van der Waals surface area contributed by atoms with Crippen molar-refractivity contribution < 1.29 is 0 Å². The first-order chi connectivity index (χ1) is 12.6. The van der Waals surface area contributed by atoms with Crippen molar-refractivity contribution >= 4 is 19.0 Å². The molecule has 0 heterocycles. The van der Waals surface area contributed by atoms with Gasteiger partial charge in [-0.3, -0.25) is 9.80 Å². The topological polar surface area (TPSA) is 6.48 Å². The van der Waals surface area contributed by atoms with Gasteiger partial charge in [0.05, 0.1) is 9.52 Å². The highest BCUT2D eigenvalue weighted by molar-refractivity contribution is 6.59. The van der Waals surface area contributed by atoms with Crippen LogP contribution in [0.2, 0.25) is 5.67 Å². The second kappa shape index (κ2) is 18.5. The maximum atomic E-state index is 2.92. The van der Waals surface area contributed by atoms with Crippen LogP contribution in [0, 0.1) is 0 Å². The number of hydrogen-bond donors (Lipinski definition) is 0. The zero-order valence-corrected chi connectivity index (χ0v) is 22.0. The van der Waals surface area contributed by atoms with Gasteiger partial charge in [0.1, 0.15) is 0 Å². The molecule has 0 rings (SSSR count). The van der Waals surface area contributed by atoms with Gasteiger partial charge in [0.15, 0.2) is 0 Å². The summed E-state index contributed by atoms with van der Waals surface area (Å²) in [5, 5.41) is 0. The molecule has 0 spiro atoms. The van der Waals surface area contributed by atoms with Crippen molar-refractivity contribution in [3.05, 3.63) is 11.3 Å². The Labute approximate surface area is 170 Å². The van der Waals surface area contributed by atoms with Crippen LogP contribution in [0.25, 0.3) is 0 Å². The molecule has 0 fully saturated rings. The first-order valence-corrected chi connectivity index (χ1v) is 15.3. The Bertz CT molecular complexity index is 294. The summed E-state index contributed by atoms with van der Waals surface area (Å²) in [5.74, 6) is 0.823. The first kappa shape index (κ1) is 26.1. The second-order valence-electron chi connectivity index (χ2n) is 8.18. The van der Waals surface area contributed by atoms with Crippen molar-refractivity contribution in [1.82, 2.24) is 9.80 Å². The molecule has 0 aliphatic heterocycles. The smallest absolute Gasteiger partial charge is 0.0564 e. The summed E-state index contributed by atoms with van der Waals surface area (Å²) in [7, 11) is -0.0286. The molecule has 0 radical (unpaired) electrons. The third-order valence-corrected chi connectivity index (χ3v) is 11.2. The molecule has 0 N–H and O–H groups in total. The number of unbranched alkanes of at least 4 members (excludes halogenated alkanes) is 4. The summed E-state index contributed by atoms with van der Waals surface area (Å²) >= 11 is 0. The Kier molecular flexibility index (Phi) is 18.5. The van der Waals surface area contributed by atoms with Gasteiger partial charge in [0.2, 0.25) is 0 Å². The highest BCUT2D eigenvalue weighted by Crippen LogP contribution is 2.13. The van der Waals surface area contributed by atoms with Crippen LogP contribution in [0.3, 0.4) is 0 Å². The van der Waals surface area contributed by atoms with Gasteiger partial charge in [0.25, 0.3) is 0 Å². The van der Waals surface area contributed by atoms with Crippen LogP contribution in [-0.4, -0.2) is 60.8 Å². The fraction of sp³-hybridized carbons (Fsp3) is 0.909. The minimum atomic E-state index is -0.0554. The van der Waals surface area contributed by atoms with Gasteiger partial charge >= 0.3 is 0 Å². The van der Waals surface area contributed by atoms with Crippen LogP contribution in [-0.2, 0) is 0 Å². The van der Waals surface area contributed by atoms with Gasteiger partial charge in [-0.25, -0.2) is 0 Å². The Hall–Kier alpha value is 0.0938. The number of hydrogen-bond acceptors (Lipinski definition) is 2. The number of rotatable bonds is 18. The van der Waals surface area contributed by atoms with E-state index >= 15 is 0 Å². The van der Waals surface area contributed by atoms with E-state index in [1.807, 2.05) is 0 Å². The molecule has 0 unspecified atom stereocenters. The monoisotopic (exact) mass is 398 g/mol. The molecule has 0 aromatic rings. The molecule has 0 aliphatic rings. The van der Waals surface area contributed by atoms with Crippen LogP contribution in [0.1, 0.15) is 92.9 Å². The maximum Gasteiger partial charge on any atom is 0.0564 e. The number of nitrogens with zero attached hydrogens (tertiary/aromatic N) is 2. The molecule has 0 aromatic heterocycles. The van der Waals surface area contributed by atoms with Crippen molar-refractivity contribution in [1.29, 1.82) is 0 Å². The van der Waals surface area contributed by atoms with E-state index in [2.05, 4.69) is 57.0 Å². The quantitative estimate of drug-likeness (QED) is 0.187. The summed E-state index contributed by atoms with van der Waals surface area (Å²) in [6, 6.07) is 0. The minimum absolute atomic E-state index is 0.0268.